The van der Waals surface area contributed by atoms with Crippen molar-refractivity contribution in [3.8, 4) is 5.75 Å². The van der Waals surface area contributed by atoms with Crippen molar-refractivity contribution in [2.24, 2.45) is 5.73 Å². The molecule has 0 saturated heterocycles. The summed E-state index contributed by atoms with van der Waals surface area (Å²) in [7, 11) is 0. The Balaban J connectivity index is 2.21. The number of nitrogens with two attached hydrogens (primary N) is 1. The molecule has 0 heterocycles. The lowest BCUT2D eigenvalue weighted by Crippen LogP contribution is -2.15. The molecule has 0 spiro atoms. The molecule has 104 valence electrons. The van der Waals surface area contributed by atoms with Gasteiger partial charge in [-0.15, -0.1) is 0 Å². The number of aryl methyl sites for hydroxylation is 1. The van der Waals surface area contributed by atoms with E-state index in [4.69, 9.17) is 15.9 Å². The molecule has 0 amide bonds. The average Bonchev–Trinajstić information content (AvgIpc) is 2.46. The number of hydrogen-bond acceptors (Lipinski definition) is 2. The van der Waals surface area contributed by atoms with Crippen molar-refractivity contribution in [2.45, 2.75) is 20.0 Å². The average molecular weight is 272 g/mol. The zero-order valence-corrected chi connectivity index (χ0v) is 11.3. The molecule has 0 atom stereocenters. The first-order valence-corrected chi connectivity index (χ1v) is 6.45. The Hall–Kier alpha value is -2.36. The van der Waals surface area contributed by atoms with E-state index in [1.807, 2.05) is 24.3 Å². The van der Waals surface area contributed by atoms with Crippen LogP contribution in [0.3, 0.4) is 0 Å². The van der Waals surface area contributed by atoms with Gasteiger partial charge in [0.2, 0.25) is 0 Å². The fourth-order valence-corrected chi connectivity index (χ4v) is 2.02. The van der Waals surface area contributed by atoms with Crippen LogP contribution < -0.4 is 10.5 Å². The molecule has 2 aromatic carbocycles. The molecule has 3 N–H and O–H groups in total. The first kappa shape index (κ1) is 14.1. The summed E-state index contributed by atoms with van der Waals surface area (Å²) in [4.78, 5) is 0. The van der Waals surface area contributed by atoms with Crippen molar-refractivity contribution in [1.82, 2.24) is 0 Å². The van der Waals surface area contributed by atoms with E-state index in [-0.39, 0.29) is 12.4 Å². The van der Waals surface area contributed by atoms with Crippen LogP contribution in [-0.2, 0) is 13.0 Å². The first-order chi connectivity index (χ1) is 9.61. The van der Waals surface area contributed by atoms with Crippen molar-refractivity contribution in [3.05, 3.63) is 65.0 Å². The Morgan fingerprint density at radius 2 is 1.95 bits per heavy atom. The van der Waals surface area contributed by atoms with Gasteiger partial charge >= 0.3 is 0 Å². The van der Waals surface area contributed by atoms with E-state index in [2.05, 4.69) is 6.92 Å². The highest BCUT2D eigenvalue weighted by atomic mass is 19.1. The van der Waals surface area contributed by atoms with Crippen LogP contribution in [0.5, 0.6) is 5.75 Å². The van der Waals surface area contributed by atoms with E-state index >= 15 is 0 Å². The van der Waals surface area contributed by atoms with Gasteiger partial charge < -0.3 is 10.5 Å². The number of ether oxygens (including phenoxy) is 1. The molecular formula is C16H17FN2O. The van der Waals surface area contributed by atoms with Crippen LogP contribution in [0.15, 0.2) is 42.5 Å². The van der Waals surface area contributed by atoms with Gasteiger partial charge in [-0.2, -0.15) is 0 Å². The topological polar surface area (TPSA) is 59.1 Å². The fourth-order valence-electron chi connectivity index (χ4n) is 2.02. The summed E-state index contributed by atoms with van der Waals surface area (Å²) >= 11 is 0. The van der Waals surface area contributed by atoms with Gasteiger partial charge in [-0.25, -0.2) is 4.39 Å². The number of nitrogens with one attached hydrogen (secondary N) is 1. The quantitative estimate of drug-likeness (QED) is 0.648. The highest BCUT2D eigenvalue weighted by molar-refractivity contribution is 5.96. The number of hydrogen-bond donors (Lipinski definition) is 2. The molecule has 2 rings (SSSR count). The molecule has 4 heteroatoms. The standard InChI is InChI=1S/C16H17FN2O/c1-2-11-5-3-4-6-15(11)20-10-12-7-8-13(17)9-14(12)16(18)19/h3-9H,2,10H2,1H3,(H3,18,19). The monoisotopic (exact) mass is 272 g/mol. The number of benzene rings is 2. The highest BCUT2D eigenvalue weighted by Gasteiger charge is 2.09. The van der Waals surface area contributed by atoms with Crippen LogP contribution in [0.1, 0.15) is 23.6 Å². The minimum atomic E-state index is -0.409. The van der Waals surface area contributed by atoms with Gasteiger partial charge in [-0.05, 0) is 30.2 Å². The van der Waals surface area contributed by atoms with E-state index in [9.17, 15) is 4.39 Å². The third kappa shape index (κ3) is 3.15. The summed E-state index contributed by atoms with van der Waals surface area (Å²) < 4.78 is 19.0. The summed E-state index contributed by atoms with van der Waals surface area (Å²) in [6, 6.07) is 12.0. The second kappa shape index (κ2) is 6.19. The molecule has 0 saturated carbocycles. The van der Waals surface area contributed by atoms with Crippen LogP contribution in [0.25, 0.3) is 0 Å². The maximum atomic E-state index is 13.2. The van der Waals surface area contributed by atoms with Crippen LogP contribution in [0.2, 0.25) is 0 Å². The van der Waals surface area contributed by atoms with Crippen molar-refractivity contribution >= 4 is 5.84 Å². The molecule has 0 aliphatic rings. The lowest BCUT2D eigenvalue weighted by molar-refractivity contribution is 0.303. The van der Waals surface area contributed by atoms with Crippen molar-refractivity contribution in [3.63, 3.8) is 0 Å². The van der Waals surface area contributed by atoms with Gasteiger partial charge in [0.1, 0.15) is 24.0 Å². The minimum absolute atomic E-state index is 0.160. The molecular weight excluding hydrogens is 255 g/mol. The van der Waals surface area contributed by atoms with Crippen LogP contribution in [0.4, 0.5) is 4.39 Å². The largest absolute Gasteiger partial charge is 0.489 e. The summed E-state index contributed by atoms with van der Waals surface area (Å²) in [5.41, 5.74) is 7.65. The van der Waals surface area contributed by atoms with E-state index in [0.717, 1.165) is 17.7 Å². The molecule has 0 aromatic heterocycles. The Bertz CT molecular complexity index is 626. The van der Waals surface area contributed by atoms with E-state index in [1.54, 1.807) is 6.07 Å². The van der Waals surface area contributed by atoms with Crippen molar-refractivity contribution < 1.29 is 9.13 Å². The molecule has 0 aliphatic heterocycles. The molecule has 2 aromatic rings. The number of para-hydroxylation sites is 1. The predicted octanol–water partition coefficient (Wildman–Crippen LogP) is 3.25. The molecule has 0 radical (unpaired) electrons. The van der Waals surface area contributed by atoms with E-state index < -0.39 is 5.82 Å². The number of halogens is 1. The van der Waals surface area contributed by atoms with E-state index in [0.29, 0.717) is 11.1 Å². The van der Waals surface area contributed by atoms with Crippen molar-refractivity contribution in [1.29, 1.82) is 5.41 Å². The first-order valence-electron chi connectivity index (χ1n) is 6.45. The van der Waals surface area contributed by atoms with Crippen molar-refractivity contribution in [2.75, 3.05) is 0 Å². The Morgan fingerprint density at radius 3 is 2.65 bits per heavy atom. The minimum Gasteiger partial charge on any atom is -0.489 e. The van der Waals surface area contributed by atoms with Crippen LogP contribution in [-0.4, -0.2) is 5.84 Å². The SMILES string of the molecule is CCc1ccccc1OCc1ccc(F)cc1C(=N)N. The Morgan fingerprint density at radius 1 is 1.20 bits per heavy atom. The number of rotatable bonds is 5. The lowest BCUT2D eigenvalue weighted by Gasteiger charge is -2.12. The summed E-state index contributed by atoms with van der Waals surface area (Å²) in [6.07, 6.45) is 0.874. The molecule has 20 heavy (non-hydrogen) atoms. The van der Waals surface area contributed by atoms with Gasteiger partial charge in [0, 0.05) is 11.1 Å². The maximum Gasteiger partial charge on any atom is 0.123 e. The predicted molar refractivity (Wildman–Crippen MR) is 77.6 cm³/mol. The van der Waals surface area contributed by atoms with Crippen LogP contribution in [0, 0.1) is 11.2 Å². The third-order valence-electron chi connectivity index (χ3n) is 3.10. The second-order valence-electron chi connectivity index (χ2n) is 4.47. The van der Waals surface area contributed by atoms with Crippen LogP contribution >= 0.6 is 0 Å². The molecule has 0 aliphatic carbocycles. The van der Waals surface area contributed by atoms with Gasteiger partial charge in [-0.3, -0.25) is 5.41 Å². The molecule has 0 fully saturated rings. The van der Waals surface area contributed by atoms with Gasteiger partial charge in [0.05, 0.1) is 0 Å². The van der Waals surface area contributed by atoms with E-state index in [1.165, 1.54) is 12.1 Å². The zero-order chi connectivity index (χ0) is 14.5. The molecule has 3 nitrogen and oxygen atoms in total. The normalized spacial score (nSPS) is 10.3. The molecule has 0 unspecified atom stereocenters. The maximum absolute atomic E-state index is 13.2. The lowest BCUT2D eigenvalue weighted by atomic mass is 10.1. The Kier molecular flexibility index (Phi) is 4.35. The summed E-state index contributed by atoms with van der Waals surface area (Å²) in [6.45, 7) is 2.31. The zero-order valence-electron chi connectivity index (χ0n) is 11.3. The highest BCUT2D eigenvalue weighted by Crippen LogP contribution is 2.21. The number of amidine groups is 1. The van der Waals surface area contributed by atoms with Gasteiger partial charge in [0.15, 0.2) is 0 Å². The smallest absolute Gasteiger partial charge is 0.123 e. The summed E-state index contributed by atoms with van der Waals surface area (Å²) in [5.74, 6) is 0.230. The summed E-state index contributed by atoms with van der Waals surface area (Å²) in [5, 5.41) is 7.49. The second-order valence-corrected chi connectivity index (χ2v) is 4.47. The number of nitrogen functional groups attached to an aromatic ring is 1. The fraction of sp³-hybridized carbons (Fsp3) is 0.188. The van der Waals surface area contributed by atoms with Gasteiger partial charge in [0.25, 0.3) is 0 Å². The molecule has 0 bridgehead atoms. The third-order valence-corrected chi connectivity index (χ3v) is 3.10. The Labute approximate surface area is 117 Å². The van der Waals surface area contributed by atoms with Gasteiger partial charge in [-0.1, -0.05) is 31.2 Å².